The van der Waals surface area contributed by atoms with Gasteiger partial charge in [0.1, 0.15) is 5.75 Å². The standard InChI is InChI=1S/C18H26N2O3/c1-14-6-4-7-17(15(14)2)23-13-8-18(22)20-10-5-9-19(11-12-20)16(3)21/h4,6-7H,5,8-13H2,1-3H3. The average Bonchev–Trinajstić information content (AvgIpc) is 2.77. The third kappa shape index (κ3) is 4.71. The molecule has 5 heteroatoms. The molecule has 1 aromatic rings. The van der Waals surface area contributed by atoms with Crippen molar-refractivity contribution < 1.29 is 14.3 Å². The SMILES string of the molecule is CC(=O)N1CCCN(C(=O)CCOc2cccc(C)c2C)CC1. The molecule has 0 aliphatic carbocycles. The number of amides is 2. The van der Waals surface area contributed by atoms with Gasteiger partial charge in [0.25, 0.3) is 0 Å². The molecule has 0 saturated carbocycles. The van der Waals surface area contributed by atoms with Crippen molar-refractivity contribution in [3.63, 3.8) is 0 Å². The molecule has 2 amide bonds. The van der Waals surface area contributed by atoms with Crippen molar-refractivity contribution in [1.29, 1.82) is 0 Å². The average molecular weight is 318 g/mol. The van der Waals surface area contributed by atoms with Gasteiger partial charge in [-0.3, -0.25) is 9.59 Å². The van der Waals surface area contributed by atoms with Crippen LogP contribution in [-0.4, -0.2) is 54.4 Å². The minimum Gasteiger partial charge on any atom is -0.493 e. The Balaban J connectivity index is 1.80. The zero-order valence-electron chi connectivity index (χ0n) is 14.3. The van der Waals surface area contributed by atoms with Crippen LogP contribution < -0.4 is 4.74 Å². The number of carbonyl (C=O) groups excluding carboxylic acids is 2. The van der Waals surface area contributed by atoms with Gasteiger partial charge in [0, 0.05) is 33.1 Å². The van der Waals surface area contributed by atoms with E-state index < -0.39 is 0 Å². The van der Waals surface area contributed by atoms with E-state index in [2.05, 4.69) is 0 Å². The van der Waals surface area contributed by atoms with Crippen molar-refractivity contribution in [3.8, 4) is 5.75 Å². The monoisotopic (exact) mass is 318 g/mol. The topological polar surface area (TPSA) is 49.9 Å². The van der Waals surface area contributed by atoms with Crippen LogP contribution in [0.5, 0.6) is 5.75 Å². The summed E-state index contributed by atoms with van der Waals surface area (Å²) in [4.78, 5) is 27.4. The van der Waals surface area contributed by atoms with Gasteiger partial charge < -0.3 is 14.5 Å². The summed E-state index contributed by atoms with van der Waals surface area (Å²) in [5.74, 6) is 1.02. The van der Waals surface area contributed by atoms with E-state index in [0.29, 0.717) is 32.7 Å². The van der Waals surface area contributed by atoms with E-state index in [9.17, 15) is 9.59 Å². The van der Waals surface area contributed by atoms with Crippen LogP contribution in [0.4, 0.5) is 0 Å². The predicted molar refractivity (Wildman–Crippen MR) is 89.5 cm³/mol. The zero-order chi connectivity index (χ0) is 16.8. The van der Waals surface area contributed by atoms with E-state index >= 15 is 0 Å². The Hall–Kier alpha value is -2.04. The Kier molecular flexibility index (Phi) is 6.02. The van der Waals surface area contributed by atoms with Crippen LogP contribution in [0.1, 0.15) is 30.9 Å². The summed E-state index contributed by atoms with van der Waals surface area (Å²) < 4.78 is 5.76. The number of carbonyl (C=O) groups is 2. The number of aryl methyl sites for hydroxylation is 1. The molecule has 23 heavy (non-hydrogen) atoms. The molecule has 0 N–H and O–H groups in total. The molecule has 0 bridgehead atoms. The molecule has 2 rings (SSSR count). The zero-order valence-corrected chi connectivity index (χ0v) is 14.3. The summed E-state index contributed by atoms with van der Waals surface area (Å²) in [6, 6.07) is 5.94. The predicted octanol–water partition coefficient (Wildman–Crippen LogP) is 2.15. The second-order valence-electron chi connectivity index (χ2n) is 6.04. The molecule has 0 spiro atoms. The maximum absolute atomic E-state index is 12.3. The Morgan fingerprint density at radius 2 is 1.78 bits per heavy atom. The van der Waals surface area contributed by atoms with Crippen LogP contribution in [0.2, 0.25) is 0 Å². The van der Waals surface area contributed by atoms with Crippen LogP contribution >= 0.6 is 0 Å². The van der Waals surface area contributed by atoms with E-state index in [1.165, 1.54) is 5.56 Å². The van der Waals surface area contributed by atoms with Gasteiger partial charge in [-0.2, -0.15) is 0 Å². The van der Waals surface area contributed by atoms with Crippen LogP contribution in [-0.2, 0) is 9.59 Å². The molecule has 1 aliphatic heterocycles. The van der Waals surface area contributed by atoms with Gasteiger partial charge in [-0.25, -0.2) is 0 Å². The van der Waals surface area contributed by atoms with Crippen LogP contribution in [0.15, 0.2) is 18.2 Å². The molecule has 0 aromatic heterocycles. The lowest BCUT2D eigenvalue weighted by Gasteiger charge is -2.21. The number of benzene rings is 1. The third-order valence-electron chi connectivity index (χ3n) is 4.42. The highest BCUT2D eigenvalue weighted by Crippen LogP contribution is 2.20. The Morgan fingerprint density at radius 1 is 1.09 bits per heavy atom. The molecule has 1 fully saturated rings. The fourth-order valence-electron chi connectivity index (χ4n) is 2.77. The van der Waals surface area contributed by atoms with Crippen LogP contribution in [0, 0.1) is 13.8 Å². The van der Waals surface area contributed by atoms with Crippen molar-refractivity contribution in [2.75, 3.05) is 32.8 Å². The summed E-state index contributed by atoms with van der Waals surface area (Å²) in [7, 11) is 0. The summed E-state index contributed by atoms with van der Waals surface area (Å²) >= 11 is 0. The van der Waals surface area contributed by atoms with E-state index in [1.54, 1.807) is 11.8 Å². The molecule has 126 valence electrons. The quantitative estimate of drug-likeness (QED) is 0.855. The van der Waals surface area contributed by atoms with Gasteiger partial charge in [-0.05, 0) is 37.5 Å². The first kappa shape index (κ1) is 17.3. The van der Waals surface area contributed by atoms with E-state index in [0.717, 1.165) is 24.3 Å². The minimum absolute atomic E-state index is 0.0811. The van der Waals surface area contributed by atoms with Crippen molar-refractivity contribution in [2.24, 2.45) is 0 Å². The largest absolute Gasteiger partial charge is 0.493 e. The molecule has 0 radical (unpaired) electrons. The molecule has 1 heterocycles. The Labute approximate surface area is 138 Å². The van der Waals surface area contributed by atoms with Crippen molar-refractivity contribution >= 4 is 11.8 Å². The second-order valence-corrected chi connectivity index (χ2v) is 6.04. The fourth-order valence-corrected chi connectivity index (χ4v) is 2.77. The molecule has 1 aliphatic rings. The lowest BCUT2D eigenvalue weighted by molar-refractivity contribution is -0.133. The van der Waals surface area contributed by atoms with Gasteiger partial charge in [-0.1, -0.05) is 12.1 Å². The second kappa shape index (κ2) is 7.99. The maximum Gasteiger partial charge on any atom is 0.226 e. The first-order valence-corrected chi connectivity index (χ1v) is 8.21. The van der Waals surface area contributed by atoms with Gasteiger partial charge >= 0.3 is 0 Å². The minimum atomic E-state index is 0.0811. The molecule has 0 atom stereocenters. The normalized spacial score (nSPS) is 15.3. The molecular formula is C18H26N2O3. The van der Waals surface area contributed by atoms with Crippen molar-refractivity contribution in [3.05, 3.63) is 29.3 Å². The molecular weight excluding hydrogens is 292 g/mol. The number of hydrogen-bond acceptors (Lipinski definition) is 3. The first-order valence-electron chi connectivity index (χ1n) is 8.21. The van der Waals surface area contributed by atoms with E-state index in [4.69, 9.17) is 4.74 Å². The lowest BCUT2D eigenvalue weighted by Crippen LogP contribution is -2.37. The van der Waals surface area contributed by atoms with Crippen molar-refractivity contribution in [1.82, 2.24) is 9.80 Å². The summed E-state index contributed by atoms with van der Waals surface area (Å²) in [5, 5.41) is 0. The molecule has 5 nitrogen and oxygen atoms in total. The van der Waals surface area contributed by atoms with Crippen molar-refractivity contribution in [2.45, 2.75) is 33.6 Å². The van der Waals surface area contributed by atoms with Gasteiger partial charge in [0.15, 0.2) is 0 Å². The van der Waals surface area contributed by atoms with Crippen LogP contribution in [0.25, 0.3) is 0 Å². The maximum atomic E-state index is 12.3. The molecule has 0 unspecified atom stereocenters. The molecule has 1 saturated heterocycles. The van der Waals surface area contributed by atoms with E-state index in [1.807, 2.05) is 36.9 Å². The van der Waals surface area contributed by atoms with E-state index in [-0.39, 0.29) is 11.8 Å². The lowest BCUT2D eigenvalue weighted by atomic mass is 10.1. The van der Waals surface area contributed by atoms with Gasteiger partial charge in [-0.15, -0.1) is 0 Å². The molecule has 1 aromatic carbocycles. The number of hydrogen-bond donors (Lipinski definition) is 0. The number of nitrogens with zero attached hydrogens (tertiary/aromatic N) is 2. The van der Waals surface area contributed by atoms with Gasteiger partial charge in [0.2, 0.25) is 11.8 Å². The van der Waals surface area contributed by atoms with Crippen LogP contribution in [0.3, 0.4) is 0 Å². The first-order chi connectivity index (χ1) is 11.0. The third-order valence-corrected chi connectivity index (χ3v) is 4.42. The summed E-state index contributed by atoms with van der Waals surface area (Å²) in [5.41, 5.74) is 2.30. The Bertz CT molecular complexity index is 571. The highest BCUT2D eigenvalue weighted by molar-refractivity contribution is 5.77. The smallest absolute Gasteiger partial charge is 0.226 e. The summed E-state index contributed by atoms with van der Waals surface area (Å²) in [6.45, 7) is 8.72. The summed E-state index contributed by atoms with van der Waals surface area (Å²) in [6.07, 6.45) is 1.20. The highest BCUT2D eigenvalue weighted by atomic mass is 16.5. The fraction of sp³-hybridized carbons (Fsp3) is 0.556. The number of rotatable bonds is 4. The highest BCUT2D eigenvalue weighted by Gasteiger charge is 2.20. The number of ether oxygens (including phenoxy) is 1. The van der Waals surface area contributed by atoms with Gasteiger partial charge in [0.05, 0.1) is 13.0 Å². The Morgan fingerprint density at radius 3 is 2.52 bits per heavy atom.